The van der Waals surface area contributed by atoms with Gasteiger partial charge in [-0.25, -0.2) is 0 Å². The first-order chi connectivity index (χ1) is 19.2. The second-order valence-electron chi connectivity index (χ2n) is 16.5. The summed E-state index contributed by atoms with van der Waals surface area (Å²) in [6, 6.07) is 2.22. The number of hydrogen-bond acceptors (Lipinski definition) is 6. The predicted octanol–water partition coefficient (Wildman–Crippen LogP) is 9.59. The Morgan fingerprint density at radius 2 is 1.67 bits per heavy atom. The van der Waals surface area contributed by atoms with E-state index in [1.807, 2.05) is 26.8 Å². The lowest BCUT2D eigenvalue weighted by atomic mass is 9.39. The van der Waals surface area contributed by atoms with Crippen LogP contribution in [0, 0.1) is 57.2 Å². The molecule has 0 unspecified atom stereocenters. The van der Waals surface area contributed by atoms with Crippen LogP contribution in [0.4, 0.5) is 0 Å². The molecule has 234 valence electrons. The van der Waals surface area contributed by atoms with E-state index in [1.54, 1.807) is 18.3 Å². The Hall–Kier alpha value is -1.87. The molecule has 2 aliphatic carbocycles. The van der Waals surface area contributed by atoms with Gasteiger partial charge in [0.15, 0.2) is 5.78 Å². The van der Waals surface area contributed by atoms with Crippen molar-refractivity contribution < 1.29 is 9.59 Å². The monoisotopic (exact) mass is 595 g/mol. The molecule has 2 aliphatic rings. The third kappa shape index (κ3) is 6.33. The van der Waals surface area contributed by atoms with E-state index < -0.39 is 10.8 Å². The van der Waals surface area contributed by atoms with E-state index in [-0.39, 0.29) is 50.6 Å². The van der Waals surface area contributed by atoms with E-state index in [0.29, 0.717) is 6.42 Å². The average molecular weight is 596 g/mol. The second-order valence-corrected chi connectivity index (χ2v) is 17.7. The molecule has 1 aromatic heterocycles. The fourth-order valence-corrected chi connectivity index (χ4v) is 9.77. The van der Waals surface area contributed by atoms with Gasteiger partial charge >= 0.3 is 0 Å². The Bertz CT molecular complexity index is 1250. The van der Waals surface area contributed by atoms with Crippen molar-refractivity contribution >= 4 is 22.9 Å². The van der Waals surface area contributed by atoms with Crippen molar-refractivity contribution in [2.24, 2.45) is 38.9 Å². The van der Waals surface area contributed by atoms with E-state index in [4.69, 9.17) is 0 Å². The number of carbonyl (C=O) groups is 2. The van der Waals surface area contributed by atoms with Crippen LogP contribution in [0.3, 0.4) is 0 Å². The van der Waals surface area contributed by atoms with E-state index >= 15 is 0 Å². The van der Waals surface area contributed by atoms with Crippen LogP contribution in [0.15, 0.2) is 11.6 Å². The highest BCUT2D eigenvalue weighted by Crippen LogP contribution is 2.68. The van der Waals surface area contributed by atoms with Crippen LogP contribution in [0.5, 0.6) is 0 Å². The molecule has 0 saturated heterocycles. The summed E-state index contributed by atoms with van der Waals surface area (Å²) in [5.41, 5.74) is -0.814. The lowest BCUT2D eigenvalue weighted by Gasteiger charge is -2.64. The van der Waals surface area contributed by atoms with E-state index in [1.165, 1.54) is 12.8 Å². The van der Waals surface area contributed by atoms with Gasteiger partial charge in [-0.3, -0.25) is 4.79 Å². The van der Waals surface area contributed by atoms with Gasteiger partial charge in [0.2, 0.25) is 0 Å². The molecular weight excluding hydrogens is 538 g/mol. The summed E-state index contributed by atoms with van der Waals surface area (Å²) < 4.78 is 0. The number of hydrogen-bond donors (Lipinski definition) is 0. The SMILES string of the molecule is CCCC(C)(C)CC[C@@](C)(CCC(C)(C)[C@]1(C)CC[C@H]2C(C)(C)C(=O)C(C#N)=C[C@]2(C)[C@H]1CC(C)=O)c1nnc(C)s1. The standard InChI is InChI=1S/C36H57N3O2S/c1-13-15-31(4,5)17-19-34(10,30-39-38-25(3)42-30)20-18-32(6,7)36(12)16-14-27-33(8,9)29(41)26(23-37)22-35(27,11)28(36)21-24(2)40/h22,27-28H,13-21H2,1-12H3/t27-,28+,34-,35-,36+/m0/s1. The summed E-state index contributed by atoms with van der Waals surface area (Å²) in [6.45, 7) is 26.6. The third-order valence-electron chi connectivity index (χ3n) is 12.2. The Morgan fingerprint density at radius 1 is 1.05 bits per heavy atom. The van der Waals surface area contributed by atoms with Crippen molar-refractivity contribution in [3.05, 3.63) is 21.7 Å². The zero-order valence-electron chi connectivity index (χ0n) is 28.7. The molecule has 0 bridgehead atoms. The van der Waals surface area contributed by atoms with Crippen LogP contribution in [-0.2, 0) is 15.0 Å². The van der Waals surface area contributed by atoms with Crippen molar-refractivity contribution in [1.82, 2.24) is 10.2 Å². The maximum atomic E-state index is 13.3. The minimum absolute atomic E-state index is 0.0329. The quantitative estimate of drug-likeness (QED) is 0.240. The highest BCUT2D eigenvalue weighted by molar-refractivity contribution is 7.11. The number of nitrogens with zero attached hydrogens (tertiary/aromatic N) is 3. The van der Waals surface area contributed by atoms with E-state index in [2.05, 4.69) is 71.7 Å². The molecule has 0 N–H and O–H groups in total. The van der Waals surface area contributed by atoms with Crippen LogP contribution >= 0.6 is 11.3 Å². The maximum Gasteiger partial charge on any atom is 0.178 e. The summed E-state index contributed by atoms with van der Waals surface area (Å²) in [7, 11) is 0. The van der Waals surface area contributed by atoms with Gasteiger partial charge in [0.25, 0.3) is 0 Å². The van der Waals surface area contributed by atoms with E-state index in [9.17, 15) is 14.9 Å². The lowest BCUT2D eigenvalue weighted by Crippen LogP contribution is -2.60. The summed E-state index contributed by atoms with van der Waals surface area (Å²) in [6.07, 6.45) is 10.9. The molecule has 5 atom stereocenters. The summed E-state index contributed by atoms with van der Waals surface area (Å²) in [4.78, 5) is 26.2. The fourth-order valence-electron chi connectivity index (χ4n) is 8.88. The fraction of sp³-hybridized carbons (Fsp3) is 0.806. The van der Waals surface area contributed by atoms with Gasteiger partial charge in [-0.15, -0.1) is 21.5 Å². The number of ketones is 2. The van der Waals surface area contributed by atoms with Crippen LogP contribution in [0.1, 0.15) is 144 Å². The highest BCUT2D eigenvalue weighted by Gasteiger charge is 2.63. The zero-order chi connectivity index (χ0) is 31.9. The first-order valence-corrected chi connectivity index (χ1v) is 17.0. The molecule has 6 heteroatoms. The van der Waals surface area contributed by atoms with Crippen molar-refractivity contribution in [3.63, 3.8) is 0 Å². The molecule has 0 spiro atoms. The molecule has 0 aliphatic heterocycles. The third-order valence-corrected chi connectivity index (χ3v) is 13.3. The lowest BCUT2D eigenvalue weighted by molar-refractivity contribution is -0.155. The van der Waals surface area contributed by atoms with Crippen molar-refractivity contribution in [3.8, 4) is 6.07 Å². The van der Waals surface area contributed by atoms with Gasteiger partial charge in [-0.2, -0.15) is 5.26 Å². The number of nitriles is 1. The first kappa shape index (κ1) is 34.6. The minimum atomic E-state index is -0.630. The number of allylic oxidation sites excluding steroid dienone is 2. The number of aryl methyl sites for hydroxylation is 1. The molecule has 1 aromatic rings. The van der Waals surface area contributed by atoms with Gasteiger partial charge < -0.3 is 4.79 Å². The molecule has 1 heterocycles. The van der Waals surface area contributed by atoms with Crippen molar-refractivity contribution in [1.29, 1.82) is 5.26 Å². The van der Waals surface area contributed by atoms with Gasteiger partial charge in [0, 0.05) is 17.3 Å². The van der Waals surface area contributed by atoms with Gasteiger partial charge in [-0.1, -0.05) is 81.7 Å². The molecule has 1 saturated carbocycles. The topological polar surface area (TPSA) is 83.7 Å². The minimum Gasteiger partial charge on any atom is -0.300 e. The normalized spacial score (nSPS) is 29.3. The molecular formula is C36H57N3O2S. The zero-order valence-corrected chi connectivity index (χ0v) is 29.5. The Balaban J connectivity index is 2.02. The number of rotatable bonds is 12. The Labute approximate surface area is 260 Å². The van der Waals surface area contributed by atoms with Crippen molar-refractivity contribution in [2.45, 2.75) is 146 Å². The molecule has 0 radical (unpaired) electrons. The molecule has 42 heavy (non-hydrogen) atoms. The largest absolute Gasteiger partial charge is 0.300 e. The molecule has 0 aromatic carbocycles. The summed E-state index contributed by atoms with van der Waals surface area (Å²) in [5, 5.41) is 21.2. The average Bonchev–Trinajstić information content (AvgIpc) is 3.33. The summed E-state index contributed by atoms with van der Waals surface area (Å²) >= 11 is 1.73. The Morgan fingerprint density at radius 3 is 2.19 bits per heavy atom. The smallest absolute Gasteiger partial charge is 0.178 e. The molecule has 1 fully saturated rings. The highest BCUT2D eigenvalue weighted by atomic mass is 32.1. The molecule has 5 nitrogen and oxygen atoms in total. The van der Waals surface area contributed by atoms with Gasteiger partial charge in [0.1, 0.15) is 21.9 Å². The molecule has 3 rings (SSSR count). The molecule has 0 amide bonds. The number of fused-ring (bicyclic) bond motifs is 1. The van der Waals surface area contributed by atoms with Gasteiger partial charge in [0.05, 0.1) is 5.57 Å². The second kappa shape index (κ2) is 11.9. The first-order valence-electron chi connectivity index (χ1n) is 16.2. The van der Waals surface area contributed by atoms with Crippen molar-refractivity contribution in [2.75, 3.05) is 0 Å². The maximum absolute atomic E-state index is 13.3. The predicted molar refractivity (Wildman–Crippen MR) is 173 cm³/mol. The van der Waals surface area contributed by atoms with Crippen LogP contribution in [0.2, 0.25) is 0 Å². The van der Waals surface area contributed by atoms with E-state index in [0.717, 1.165) is 48.5 Å². The van der Waals surface area contributed by atoms with Gasteiger partial charge in [-0.05, 0) is 92.3 Å². The van der Waals surface area contributed by atoms with Crippen LogP contribution < -0.4 is 0 Å². The number of aromatic nitrogens is 2. The van der Waals surface area contributed by atoms with Crippen LogP contribution in [0.25, 0.3) is 0 Å². The summed E-state index contributed by atoms with van der Waals surface area (Å²) in [5.74, 6) is 0.257. The Kier molecular flexibility index (Phi) is 9.81. The number of carbonyl (C=O) groups excluding carboxylic acids is 2. The number of Topliss-reactive ketones (excluding diaryl/α,β-unsaturated/α-hetero) is 2. The van der Waals surface area contributed by atoms with Crippen LogP contribution in [-0.4, -0.2) is 21.8 Å².